The Bertz CT molecular complexity index is 1280. The van der Waals surface area contributed by atoms with E-state index in [1.807, 2.05) is 48.5 Å². The van der Waals surface area contributed by atoms with Crippen molar-refractivity contribution in [3.8, 4) is 11.1 Å². The Morgan fingerprint density at radius 3 is 2.66 bits per heavy atom. The largest absolute Gasteiger partial charge is 0.388 e. The van der Waals surface area contributed by atoms with Crippen molar-refractivity contribution in [3.05, 3.63) is 99.6 Å². The summed E-state index contributed by atoms with van der Waals surface area (Å²) in [6.07, 6.45) is 1.50. The van der Waals surface area contributed by atoms with Crippen LogP contribution in [0.15, 0.2) is 77.9 Å². The van der Waals surface area contributed by atoms with Gasteiger partial charge in [0.1, 0.15) is 6.61 Å². The number of rotatable bonds is 5. The number of benzene rings is 3. The Morgan fingerprint density at radius 1 is 1.03 bits per heavy atom. The molecule has 0 aliphatic carbocycles. The third-order valence-corrected chi connectivity index (χ3v) is 5.08. The van der Waals surface area contributed by atoms with E-state index in [4.69, 9.17) is 16.7 Å². The molecule has 0 unspecified atom stereocenters. The topological polar surface area (TPSA) is 72.2 Å². The van der Waals surface area contributed by atoms with Crippen LogP contribution in [-0.4, -0.2) is 27.0 Å². The summed E-state index contributed by atoms with van der Waals surface area (Å²) >= 11 is 6.30. The summed E-state index contributed by atoms with van der Waals surface area (Å²) in [5, 5.41) is 10.1. The molecule has 0 aliphatic heterocycles. The van der Waals surface area contributed by atoms with Gasteiger partial charge in [-0.05, 0) is 41.5 Å². The third-order valence-electron chi connectivity index (χ3n) is 4.75. The van der Waals surface area contributed by atoms with E-state index in [-0.39, 0.29) is 11.1 Å². The lowest BCUT2D eigenvalue weighted by molar-refractivity contribution is 0.0904. The monoisotopic (exact) mass is 404 g/mol. The number of aliphatic hydroxyl groups excluding tert-OH is 1. The maximum absolute atomic E-state index is 12.9. The van der Waals surface area contributed by atoms with Gasteiger partial charge in [0.15, 0.2) is 5.78 Å². The van der Waals surface area contributed by atoms with Gasteiger partial charge in [0.25, 0.3) is 5.56 Å². The van der Waals surface area contributed by atoms with Crippen LogP contribution in [0.3, 0.4) is 0 Å². The van der Waals surface area contributed by atoms with Crippen LogP contribution in [0.1, 0.15) is 15.9 Å². The Hall–Kier alpha value is -3.28. The van der Waals surface area contributed by atoms with Crippen LogP contribution in [0.2, 0.25) is 5.02 Å². The van der Waals surface area contributed by atoms with Crippen LogP contribution in [-0.2, 0) is 6.54 Å². The molecule has 29 heavy (non-hydrogen) atoms. The molecule has 0 amide bonds. The molecule has 6 heteroatoms. The quantitative estimate of drug-likeness (QED) is 0.511. The first-order chi connectivity index (χ1) is 14.1. The predicted octanol–water partition coefficient (Wildman–Crippen LogP) is 3.94. The first kappa shape index (κ1) is 19.1. The van der Waals surface area contributed by atoms with E-state index in [9.17, 15) is 9.59 Å². The zero-order chi connectivity index (χ0) is 20.4. The van der Waals surface area contributed by atoms with Crippen LogP contribution < -0.4 is 5.56 Å². The van der Waals surface area contributed by atoms with Gasteiger partial charge in [0, 0.05) is 16.1 Å². The highest BCUT2D eigenvalue weighted by molar-refractivity contribution is 6.33. The molecule has 0 bridgehead atoms. The molecule has 0 radical (unpaired) electrons. The highest BCUT2D eigenvalue weighted by Crippen LogP contribution is 2.28. The van der Waals surface area contributed by atoms with Crippen LogP contribution >= 0.6 is 11.6 Å². The van der Waals surface area contributed by atoms with Crippen LogP contribution in [0, 0.1) is 0 Å². The minimum atomic E-state index is -0.602. The van der Waals surface area contributed by atoms with Gasteiger partial charge >= 0.3 is 0 Å². The summed E-state index contributed by atoms with van der Waals surface area (Å²) in [5.41, 5.74) is 3.36. The second kappa shape index (κ2) is 7.99. The summed E-state index contributed by atoms with van der Waals surface area (Å²) in [7, 11) is 0. The predicted molar refractivity (Wildman–Crippen MR) is 113 cm³/mol. The van der Waals surface area contributed by atoms with Crippen molar-refractivity contribution in [2.24, 2.45) is 0 Å². The average Bonchev–Trinajstić information content (AvgIpc) is 2.75. The molecule has 1 aromatic heterocycles. The molecular weight excluding hydrogens is 388 g/mol. The highest BCUT2D eigenvalue weighted by atomic mass is 35.5. The molecule has 3 aromatic carbocycles. The molecule has 0 saturated carbocycles. The fourth-order valence-corrected chi connectivity index (χ4v) is 3.51. The maximum atomic E-state index is 12.9. The van der Waals surface area contributed by atoms with Crippen LogP contribution in [0.25, 0.3) is 22.0 Å². The Kier molecular flexibility index (Phi) is 5.25. The lowest BCUT2D eigenvalue weighted by atomic mass is 10.0. The lowest BCUT2D eigenvalue weighted by Crippen LogP contribution is -2.21. The van der Waals surface area contributed by atoms with E-state index in [0.717, 1.165) is 16.7 Å². The molecule has 1 heterocycles. The Morgan fingerprint density at radius 2 is 1.86 bits per heavy atom. The van der Waals surface area contributed by atoms with Gasteiger partial charge in [0.05, 0.1) is 23.8 Å². The third kappa shape index (κ3) is 3.83. The summed E-state index contributed by atoms with van der Waals surface area (Å²) in [6.45, 7) is -0.271. The lowest BCUT2D eigenvalue weighted by Gasteiger charge is -2.10. The fraction of sp³-hybridized carbons (Fsp3) is 0.0870. The van der Waals surface area contributed by atoms with E-state index in [2.05, 4.69) is 4.98 Å². The maximum Gasteiger partial charge on any atom is 0.261 e. The summed E-state index contributed by atoms with van der Waals surface area (Å²) in [6, 6.07) is 20.1. The van der Waals surface area contributed by atoms with E-state index in [1.165, 1.54) is 17.0 Å². The molecule has 5 nitrogen and oxygen atoms in total. The second-order valence-electron chi connectivity index (χ2n) is 6.67. The van der Waals surface area contributed by atoms with E-state index in [0.29, 0.717) is 22.5 Å². The first-order valence-electron chi connectivity index (χ1n) is 9.04. The Balaban J connectivity index is 1.72. The van der Waals surface area contributed by atoms with Crippen molar-refractivity contribution in [1.29, 1.82) is 0 Å². The van der Waals surface area contributed by atoms with Crippen LogP contribution in [0.4, 0.5) is 0 Å². The molecular formula is C23H17ClN2O3. The van der Waals surface area contributed by atoms with Crippen molar-refractivity contribution in [3.63, 3.8) is 0 Å². The second-order valence-corrected chi connectivity index (χ2v) is 7.08. The Labute approximate surface area is 171 Å². The van der Waals surface area contributed by atoms with Crippen molar-refractivity contribution < 1.29 is 9.90 Å². The molecule has 0 spiro atoms. The molecule has 1 N–H and O–H groups in total. The van der Waals surface area contributed by atoms with Crippen molar-refractivity contribution in [2.75, 3.05) is 6.61 Å². The highest BCUT2D eigenvalue weighted by Gasteiger charge is 2.10. The van der Waals surface area contributed by atoms with E-state index in [1.54, 1.807) is 12.1 Å². The van der Waals surface area contributed by atoms with Gasteiger partial charge in [-0.3, -0.25) is 14.2 Å². The van der Waals surface area contributed by atoms with Gasteiger partial charge in [0.2, 0.25) is 0 Å². The summed E-state index contributed by atoms with van der Waals surface area (Å²) < 4.78 is 1.50. The normalized spacial score (nSPS) is 11.0. The number of fused-ring (bicyclic) bond motifs is 1. The summed E-state index contributed by atoms with van der Waals surface area (Å²) in [5.74, 6) is -0.436. The number of carbonyl (C=O) groups excluding carboxylic acids is 1. The number of aromatic nitrogens is 2. The van der Waals surface area contributed by atoms with E-state index < -0.39 is 12.4 Å². The van der Waals surface area contributed by atoms with E-state index >= 15 is 0 Å². The number of hydrogen-bond acceptors (Lipinski definition) is 4. The van der Waals surface area contributed by atoms with Crippen LogP contribution in [0.5, 0.6) is 0 Å². The summed E-state index contributed by atoms with van der Waals surface area (Å²) in [4.78, 5) is 29.0. The average molecular weight is 405 g/mol. The SMILES string of the molecule is O=C(CO)c1ccc2ncn(Cc3cccc(-c4ccccc4Cl)c3)c(=O)c2c1. The molecule has 4 rings (SSSR count). The number of ketones is 1. The molecule has 144 valence electrons. The standard InChI is InChI=1S/C23H17ClN2O3/c24-20-7-2-1-6-18(20)16-5-3-4-15(10-16)12-26-14-25-21-9-8-17(22(28)13-27)11-19(21)23(26)29/h1-11,14,27H,12-13H2. The van der Waals surface area contributed by atoms with Crippen molar-refractivity contribution >= 4 is 28.3 Å². The minimum Gasteiger partial charge on any atom is -0.388 e. The number of nitrogens with zero attached hydrogens (tertiary/aromatic N) is 2. The first-order valence-corrected chi connectivity index (χ1v) is 9.42. The zero-order valence-electron chi connectivity index (χ0n) is 15.4. The van der Waals surface area contributed by atoms with Gasteiger partial charge in [-0.25, -0.2) is 4.98 Å². The molecule has 0 saturated heterocycles. The van der Waals surface area contributed by atoms with Gasteiger partial charge in [-0.2, -0.15) is 0 Å². The minimum absolute atomic E-state index is 0.245. The number of halogens is 1. The molecule has 0 aliphatic rings. The number of aliphatic hydroxyl groups is 1. The van der Waals surface area contributed by atoms with Gasteiger partial charge in [-0.1, -0.05) is 48.0 Å². The zero-order valence-corrected chi connectivity index (χ0v) is 16.1. The van der Waals surface area contributed by atoms with Crippen molar-refractivity contribution in [1.82, 2.24) is 9.55 Å². The molecule has 0 atom stereocenters. The molecule has 4 aromatic rings. The molecule has 0 fully saturated rings. The number of hydrogen-bond donors (Lipinski definition) is 1. The number of carbonyl (C=O) groups is 1. The van der Waals surface area contributed by atoms with Gasteiger partial charge in [-0.15, -0.1) is 0 Å². The fourth-order valence-electron chi connectivity index (χ4n) is 3.27. The van der Waals surface area contributed by atoms with Gasteiger partial charge < -0.3 is 5.11 Å². The smallest absolute Gasteiger partial charge is 0.261 e. The van der Waals surface area contributed by atoms with Crippen molar-refractivity contribution in [2.45, 2.75) is 6.54 Å². The number of Topliss-reactive ketones (excluding diaryl/α,β-unsaturated/α-hetero) is 1.